The van der Waals surface area contributed by atoms with E-state index in [1.54, 1.807) is 4.90 Å². The Labute approximate surface area is 72.5 Å². The molecule has 0 spiro atoms. The highest BCUT2D eigenvalue weighted by atomic mass is 35.5. The predicted molar refractivity (Wildman–Crippen MR) is 45.9 cm³/mol. The van der Waals surface area contributed by atoms with Crippen LogP contribution in [-0.2, 0) is 0 Å². The number of hydrogen-bond acceptors (Lipinski definition) is 2. The third kappa shape index (κ3) is 3.43. The van der Waals surface area contributed by atoms with E-state index >= 15 is 0 Å². The van der Waals surface area contributed by atoms with Crippen molar-refractivity contribution in [2.45, 2.75) is 6.42 Å². The Kier molecular flexibility index (Phi) is 4.98. The lowest BCUT2D eigenvalue weighted by Gasteiger charge is -2.15. The quantitative estimate of drug-likeness (QED) is 0.541. The maximum Gasteiger partial charge on any atom is 0.314 e. The number of nitrogens with one attached hydrogen (secondary N) is 1. The van der Waals surface area contributed by atoms with Crippen molar-refractivity contribution in [3.05, 3.63) is 0 Å². The summed E-state index contributed by atoms with van der Waals surface area (Å²) >= 11 is 0. The van der Waals surface area contributed by atoms with Gasteiger partial charge < -0.3 is 16.0 Å². The largest absolute Gasteiger partial charge is 0.351 e. The normalized spacial score (nSPS) is 18.4. The molecule has 1 heterocycles. The van der Waals surface area contributed by atoms with Gasteiger partial charge in [0, 0.05) is 19.6 Å². The van der Waals surface area contributed by atoms with Crippen molar-refractivity contribution >= 4 is 18.4 Å². The predicted octanol–water partition coefficient (Wildman–Crippen LogP) is -0.218. The Hall–Kier alpha value is -0.480. The Morgan fingerprint density at radius 3 is 2.73 bits per heavy atom. The van der Waals surface area contributed by atoms with Crippen LogP contribution in [0, 0.1) is 0 Å². The van der Waals surface area contributed by atoms with Crippen LogP contribution >= 0.6 is 12.4 Å². The summed E-state index contributed by atoms with van der Waals surface area (Å²) in [6, 6.07) is -0.302. The molecule has 0 bridgehead atoms. The molecular weight excluding hydrogens is 166 g/mol. The molecule has 1 fully saturated rings. The monoisotopic (exact) mass is 179 g/mol. The first-order valence-corrected chi connectivity index (χ1v) is 3.56. The van der Waals surface area contributed by atoms with Crippen LogP contribution in [0.5, 0.6) is 0 Å². The van der Waals surface area contributed by atoms with Crippen LogP contribution in [-0.4, -0.2) is 37.1 Å². The van der Waals surface area contributed by atoms with Crippen molar-refractivity contribution in [3.8, 4) is 0 Å². The smallest absolute Gasteiger partial charge is 0.314 e. The molecule has 0 atom stereocenters. The van der Waals surface area contributed by atoms with E-state index in [-0.39, 0.29) is 18.4 Å². The van der Waals surface area contributed by atoms with E-state index in [0.29, 0.717) is 0 Å². The number of carbonyl (C=O) groups excluding carboxylic acids is 1. The zero-order valence-corrected chi connectivity index (χ0v) is 7.19. The fourth-order valence-electron chi connectivity index (χ4n) is 1.07. The third-order valence-electron chi connectivity index (χ3n) is 1.65. The average Bonchev–Trinajstić information content (AvgIpc) is 2.12. The van der Waals surface area contributed by atoms with Gasteiger partial charge in [0.25, 0.3) is 0 Å². The lowest BCUT2D eigenvalue weighted by atomic mass is 10.4. The summed E-state index contributed by atoms with van der Waals surface area (Å²) < 4.78 is 0. The van der Waals surface area contributed by atoms with Crippen LogP contribution < -0.4 is 11.1 Å². The minimum Gasteiger partial charge on any atom is -0.351 e. The van der Waals surface area contributed by atoms with E-state index in [1.807, 2.05) is 0 Å². The highest BCUT2D eigenvalue weighted by Crippen LogP contribution is 1.93. The van der Waals surface area contributed by atoms with E-state index in [1.165, 1.54) is 0 Å². The molecule has 0 aromatic rings. The van der Waals surface area contributed by atoms with Crippen molar-refractivity contribution in [2.75, 3.05) is 26.2 Å². The second-order valence-electron chi connectivity index (χ2n) is 2.43. The first kappa shape index (κ1) is 10.5. The standard InChI is InChI=1S/C6H13N3O.ClH/c7-6(10)9-4-1-2-8-3-5-9;/h8H,1-5H2,(H2,7,10);1H. The molecule has 1 aliphatic rings. The summed E-state index contributed by atoms with van der Waals surface area (Å²) in [6.45, 7) is 3.39. The van der Waals surface area contributed by atoms with E-state index in [2.05, 4.69) is 5.32 Å². The topological polar surface area (TPSA) is 58.4 Å². The molecule has 1 saturated heterocycles. The maximum atomic E-state index is 10.6. The molecule has 0 radical (unpaired) electrons. The van der Waals surface area contributed by atoms with Gasteiger partial charge in [-0.05, 0) is 13.0 Å². The number of rotatable bonds is 0. The van der Waals surface area contributed by atoms with Crippen molar-refractivity contribution in [1.29, 1.82) is 0 Å². The van der Waals surface area contributed by atoms with Crippen LogP contribution in [0.15, 0.2) is 0 Å². The van der Waals surface area contributed by atoms with Gasteiger partial charge >= 0.3 is 6.03 Å². The number of nitrogens with two attached hydrogens (primary N) is 1. The molecule has 0 aliphatic carbocycles. The SMILES string of the molecule is Cl.NC(=O)N1CCCNCC1. The van der Waals surface area contributed by atoms with Gasteiger partial charge in [-0.25, -0.2) is 4.79 Å². The van der Waals surface area contributed by atoms with Crippen LogP contribution in [0.4, 0.5) is 4.79 Å². The summed E-state index contributed by atoms with van der Waals surface area (Å²) in [5.74, 6) is 0. The Morgan fingerprint density at radius 2 is 2.09 bits per heavy atom. The molecule has 1 aliphatic heterocycles. The number of hydrogen-bond donors (Lipinski definition) is 2. The lowest BCUT2D eigenvalue weighted by molar-refractivity contribution is 0.211. The fraction of sp³-hybridized carbons (Fsp3) is 0.833. The molecule has 3 N–H and O–H groups in total. The van der Waals surface area contributed by atoms with E-state index in [4.69, 9.17) is 5.73 Å². The Bertz CT molecular complexity index is 123. The van der Waals surface area contributed by atoms with E-state index in [9.17, 15) is 4.79 Å². The first-order chi connectivity index (χ1) is 4.80. The van der Waals surface area contributed by atoms with Crippen molar-refractivity contribution in [1.82, 2.24) is 10.2 Å². The van der Waals surface area contributed by atoms with Gasteiger partial charge in [0.1, 0.15) is 0 Å². The van der Waals surface area contributed by atoms with Gasteiger partial charge in [0.05, 0.1) is 0 Å². The minimum absolute atomic E-state index is 0. The molecule has 11 heavy (non-hydrogen) atoms. The summed E-state index contributed by atoms with van der Waals surface area (Å²) in [4.78, 5) is 12.3. The van der Waals surface area contributed by atoms with Crippen LogP contribution in [0.2, 0.25) is 0 Å². The molecule has 66 valence electrons. The molecule has 5 heteroatoms. The third-order valence-corrected chi connectivity index (χ3v) is 1.65. The summed E-state index contributed by atoms with van der Waals surface area (Å²) in [5, 5.41) is 3.18. The second-order valence-corrected chi connectivity index (χ2v) is 2.43. The Morgan fingerprint density at radius 1 is 1.36 bits per heavy atom. The van der Waals surface area contributed by atoms with Crippen LogP contribution in [0.25, 0.3) is 0 Å². The fourth-order valence-corrected chi connectivity index (χ4v) is 1.07. The zero-order valence-electron chi connectivity index (χ0n) is 6.38. The second kappa shape index (κ2) is 5.21. The van der Waals surface area contributed by atoms with Crippen molar-refractivity contribution in [3.63, 3.8) is 0 Å². The molecule has 4 nitrogen and oxygen atoms in total. The molecular formula is C6H14ClN3O. The molecule has 1 rings (SSSR count). The Balaban J connectivity index is 0.000001000. The molecule has 2 amide bonds. The van der Waals surface area contributed by atoms with Gasteiger partial charge in [0.2, 0.25) is 0 Å². The summed E-state index contributed by atoms with van der Waals surface area (Å²) in [6.07, 6.45) is 1.00. The number of nitrogens with zero attached hydrogens (tertiary/aromatic N) is 1. The number of amides is 2. The molecule has 0 aromatic carbocycles. The summed E-state index contributed by atoms with van der Waals surface area (Å²) in [7, 11) is 0. The number of urea groups is 1. The van der Waals surface area contributed by atoms with E-state index in [0.717, 1.165) is 32.6 Å². The number of halogens is 1. The van der Waals surface area contributed by atoms with Gasteiger partial charge in [-0.2, -0.15) is 0 Å². The molecule has 0 saturated carbocycles. The summed E-state index contributed by atoms with van der Waals surface area (Å²) in [5.41, 5.74) is 5.10. The first-order valence-electron chi connectivity index (χ1n) is 3.56. The minimum atomic E-state index is -0.302. The molecule has 0 aromatic heterocycles. The van der Waals surface area contributed by atoms with E-state index < -0.39 is 0 Å². The maximum absolute atomic E-state index is 10.6. The number of primary amides is 1. The average molecular weight is 180 g/mol. The van der Waals surface area contributed by atoms with Gasteiger partial charge in [-0.1, -0.05) is 0 Å². The molecule has 0 unspecified atom stereocenters. The van der Waals surface area contributed by atoms with Crippen LogP contribution in [0.1, 0.15) is 6.42 Å². The van der Waals surface area contributed by atoms with Crippen LogP contribution in [0.3, 0.4) is 0 Å². The van der Waals surface area contributed by atoms with Gasteiger partial charge in [-0.15, -0.1) is 12.4 Å². The van der Waals surface area contributed by atoms with Crippen molar-refractivity contribution < 1.29 is 4.79 Å². The highest BCUT2D eigenvalue weighted by Gasteiger charge is 2.10. The number of carbonyl (C=O) groups is 1. The zero-order chi connectivity index (χ0) is 7.40. The highest BCUT2D eigenvalue weighted by molar-refractivity contribution is 5.85. The van der Waals surface area contributed by atoms with Gasteiger partial charge in [-0.3, -0.25) is 0 Å². The lowest BCUT2D eigenvalue weighted by Crippen LogP contribution is -2.38. The van der Waals surface area contributed by atoms with Gasteiger partial charge in [0.15, 0.2) is 0 Å². The van der Waals surface area contributed by atoms with Crippen molar-refractivity contribution in [2.24, 2.45) is 5.73 Å².